The number of anilines is 1. The fraction of sp³-hybridized carbons (Fsp3) is 0.429. The van der Waals surface area contributed by atoms with Crippen LogP contribution in [0.3, 0.4) is 0 Å². The van der Waals surface area contributed by atoms with Gasteiger partial charge in [0.25, 0.3) is 5.91 Å². The Morgan fingerprint density at radius 1 is 1.41 bits per heavy atom. The van der Waals surface area contributed by atoms with E-state index in [4.69, 9.17) is 4.74 Å². The summed E-state index contributed by atoms with van der Waals surface area (Å²) < 4.78 is 7.24. The van der Waals surface area contributed by atoms with Gasteiger partial charge in [0.05, 0.1) is 25.0 Å². The molecular formula is C14H18N6O2. The first kappa shape index (κ1) is 14.5. The summed E-state index contributed by atoms with van der Waals surface area (Å²) in [5, 5.41) is 6.29. The molecule has 0 spiro atoms. The van der Waals surface area contributed by atoms with Gasteiger partial charge in [0.15, 0.2) is 0 Å². The van der Waals surface area contributed by atoms with Crippen molar-refractivity contribution < 1.29 is 9.53 Å². The molecule has 1 saturated heterocycles. The Balaban J connectivity index is 1.66. The molecule has 1 fully saturated rings. The van der Waals surface area contributed by atoms with Crippen molar-refractivity contribution in [1.82, 2.24) is 24.8 Å². The zero-order chi connectivity index (χ0) is 15.4. The lowest BCUT2D eigenvalue weighted by Gasteiger charge is -2.32. The highest BCUT2D eigenvalue weighted by Gasteiger charge is 2.28. The minimum Gasteiger partial charge on any atom is -0.379 e. The Morgan fingerprint density at radius 2 is 2.32 bits per heavy atom. The quantitative estimate of drug-likeness (QED) is 0.838. The molecule has 0 unspecified atom stereocenters. The highest BCUT2D eigenvalue weighted by atomic mass is 16.5. The molecule has 0 bridgehead atoms. The van der Waals surface area contributed by atoms with Crippen LogP contribution in [0.25, 0.3) is 0 Å². The number of amides is 1. The van der Waals surface area contributed by atoms with Crippen LogP contribution in [0.2, 0.25) is 0 Å². The van der Waals surface area contributed by atoms with Gasteiger partial charge in [-0.2, -0.15) is 0 Å². The maximum atomic E-state index is 12.2. The van der Waals surface area contributed by atoms with Crippen molar-refractivity contribution in [3.8, 4) is 0 Å². The van der Waals surface area contributed by atoms with E-state index in [1.54, 1.807) is 29.4 Å². The summed E-state index contributed by atoms with van der Waals surface area (Å²) in [5.74, 6) is 0.532. The number of imidazole rings is 1. The number of aromatic nitrogens is 4. The number of carbonyl (C=O) groups is 1. The molecule has 1 aliphatic rings. The largest absolute Gasteiger partial charge is 0.379 e. The Morgan fingerprint density at radius 3 is 3.05 bits per heavy atom. The molecule has 116 valence electrons. The summed E-state index contributed by atoms with van der Waals surface area (Å²) in [6, 6.07) is 1.70. The molecule has 3 heterocycles. The molecule has 3 rings (SSSR count). The van der Waals surface area contributed by atoms with Crippen molar-refractivity contribution in [3.05, 3.63) is 36.8 Å². The topological polar surface area (TPSA) is 94.0 Å². The zero-order valence-electron chi connectivity index (χ0n) is 12.3. The molecule has 0 aliphatic carbocycles. The molecule has 8 heteroatoms. The van der Waals surface area contributed by atoms with Crippen LogP contribution in [0.4, 0.5) is 5.82 Å². The van der Waals surface area contributed by atoms with Gasteiger partial charge < -0.3 is 19.9 Å². The van der Waals surface area contributed by atoms with Gasteiger partial charge in [-0.15, -0.1) is 0 Å². The minimum absolute atomic E-state index is 0.0433. The summed E-state index contributed by atoms with van der Waals surface area (Å²) in [6.45, 7) is 1.13. The van der Waals surface area contributed by atoms with Gasteiger partial charge in [0, 0.05) is 26.0 Å². The summed E-state index contributed by atoms with van der Waals surface area (Å²) in [5.41, 5.74) is 0.412. The predicted molar refractivity (Wildman–Crippen MR) is 79.3 cm³/mol. The number of ether oxygens (including phenoxy) is 1. The lowest BCUT2D eigenvalue weighted by atomic mass is 10.0. The summed E-state index contributed by atoms with van der Waals surface area (Å²) >= 11 is 0. The minimum atomic E-state index is -0.179. The lowest BCUT2D eigenvalue weighted by Crippen LogP contribution is -2.52. The van der Waals surface area contributed by atoms with E-state index in [2.05, 4.69) is 25.6 Å². The predicted octanol–water partition coefficient (Wildman–Crippen LogP) is 0.210. The number of aryl methyl sites for hydroxylation is 1. The molecule has 22 heavy (non-hydrogen) atoms. The maximum absolute atomic E-state index is 12.2. The molecule has 1 amide bonds. The van der Waals surface area contributed by atoms with E-state index in [1.165, 1.54) is 6.33 Å². The molecule has 2 aromatic rings. The zero-order valence-corrected chi connectivity index (χ0v) is 12.3. The van der Waals surface area contributed by atoms with Crippen LogP contribution in [0.15, 0.2) is 31.1 Å². The van der Waals surface area contributed by atoms with Gasteiger partial charge in [-0.3, -0.25) is 4.79 Å². The number of rotatable bonds is 4. The second-order valence-corrected chi connectivity index (χ2v) is 5.21. The summed E-state index contributed by atoms with van der Waals surface area (Å²) in [6.07, 6.45) is 7.19. The van der Waals surface area contributed by atoms with E-state index in [1.807, 2.05) is 7.05 Å². The van der Waals surface area contributed by atoms with Gasteiger partial charge in [0.1, 0.15) is 17.8 Å². The summed E-state index contributed by atoms with van der Waals surface area (Å²) in [7, 11) is 1.83. The number of nitrogens with zero attached hydrogens (tertiary/aromatic N) is 4. The normalized spacial score (nSPS) is 21.3. The third-order valence-corrected chi connectivity index (χ3v) is 3.53. The van der Waals surface area contributed by atoms with Gasteiger partial charge >= 0.3 is 0 Å². The van der Waals surface area contributed by atoms with Gasteiger partial charge in [-0.25, -0.2) is 15.0 Å². The highest BCUT2D eigenvalue weighted by Crippen LogP contribution is 2.13. The molecule has 2 aromatic heterocycles. The van der Waals surface area contributed by atoms with Crippen molar-refractivity contribution in [3.63, 3.8) is 0 Å². The molecule has 0 saturated carbocycles. The first-order valence-corrected chi connectivity index (χ1v) is 7.11. The molecule has 2 atom stereocenters. The SMILES string of the molecule is Cn1cnc(C(=O)N[C@H]2CCOC[C@H]2Nc2ccncn2)c1. The van der Waals surface area contributed by atoms with Crippen molar-refractivity contribution in [2.45, 2.75) is 18.5 Å². The number of carbonyl (C=O) groups excluding carboxylic acids is 1. The standard InChI is InChI=1S/C14H18N6O2/c1-20-6-11(17-9-20)14(21)19-10-3-5-22-7-12(10)18-13-2-4-15-8-16-13/h2,4,6,8-10,12H,3,5,7H2,1H3,(H,19,21)(H,15,16,18)/t10-,12+/m0/s1. The van der Waals surface area contributed by atoms with Crippen LogP contribution >= 0.6 is 0 Å². The molecule has 2 N–H and O–H groups in total. The van der Waals surface area contributed by atoms with Crippen molar-refractivity contribution in [2.24, 2.45) is 7.05 Å². The van der Waals surface area contributed by atoms with E-state index in [-0.39, 0.29) is 18.0 Å². The summed E-state index contributed by atoms with van der Waals surface area (Å²) in [4.78, 5) is 24.3. The molecular weight excluding hydrogens is 284 g/mol. The van der Waals surface area contributed by atoms with E-state index in [0.717, 1.165) is 6.42 Å². The third-order valence-electron chi connectivity index (χ3n) is 3.53. The van der Waals surface area contributed by atoms with Crippen LogP contribution in [0.1, 0.15) is 16.9 Å². The average Bonchev–Trinajstić information content (AvgIpc) is 2.97. The molecule has 8 nitrogen and oxygen atoms in total. The fourth-order valence-electron chi connectivity index (χ4n) is 2.39. The van der Waals surface area contributed by atoms with Crippen LogP contribution in [-0.4, -0.2) is 50.7 Å². The average molecular weight is 302 g/mol. The molecule has 0 aromatic carbocycles. The fourth-order valence-corrected chi connectivity index (χ4v) is 2.39. The Bertz CT molecular complexity index is 629. The van der Waals surface area contributed by atoms with E-state index < -0.39 is 0 Å². The first-order valence-electron chi connectivity index (χ1n) is 7.11. The van der Waals surface area contributed by atoms with Crippen molar-refractivity contribution in [2.75, 3.05) is 18.5 Å². The van der Waals surface area contributed by atoms with Gasteiger partial charge in [-0.1, -0.05) is 0 Å². The lowest BCUT2D eigenvalue weighted by molar-refractivity contribution is 0.0618. The second kappa shape index (κ2) is 6.52. The number of hydrogen-bond acceptors (Lipinski definition) is 6. The Kier molecular flexibility index (Phi) is 4.29. The number of hydrogen-bond donors (Lipinski definition) is 2. The number of nitrogens with one attached hydrogen (secondary N) is 2. The molecule has 0 radical (unpaired) electrons. The van der Waals surface area contributed by atoms with Gasteiger partial charge in [0.2, 0.25) is 0 Å². The highest BCUT2D eigenvalue weighted by molar-refractivity contribution is 5.92. The van der Waals surface area contributed by atoms with Crippen LogP contribution < -0.4 is 10.6 Å². The van der Waals surface area contributed by atoms with E-state index in [0.29, 0.717) is 24.7 Å². The van der Waals surface area contributed by atoms with E-state index >= 15 is 0 Å². The second-order valence-electron chi connectivity index (χ2n) is 5.21. The monoisotopic (exact) mass is 302 g/mol. The van der Waals surface area contributed by atoms with Crippen LogP contribution in [-0.2, 0) is 11.8 Å². The Labute approximate surface area is 127 Å². The van der Waals surface area contributed by atoms with E-state index in [9.17, 15) is 4.79 Å². The van der Waals surface area contributed by atoms with Crippen LogP contribution in [0.5, 0.6) is 0 Å². The smallest absolute Gasteiger partial charge is 0.271 e. The van der Waals surface area contributed by atoms with Crippen molar-refractivity contribution in [1.29, 1.82) is 0 Å². The van der Waals surface area contributed by atoms with Crippen molar-refractivity contribution >= 4 is 11.7 Å². The first-order chi connectivity index (χ1) is 10.7. The maximum Gasteiger partial charge on any atom is 0.271 e. The molecule has 1 aliphatic heterocycles. The Hall–Kier alpha value is -2.48. The third kappa shape index (κ3) is 3.40. The van der Waals surface area contributed by atoms with Crippen LogP contribution in [0, 0.1) is 0 Å². The van der Waals surface area contributed by atoms with Gasteiger partial charge in [-0.05, 0) is 12.5 Å².